The molecule has 36 heavy (non-hydrogen) atoms. The molecule has 0 saturated carbocycles. The molecule has 8 nitrogen and oxygen atoms in total. The summed E-state index contributed by atoms with van der Waals surface area (Å²) in [5.74, 6) is -0.0744. The summed E-state index contributed by atoms with van der Waals surface area (Å²) in [5, 5.41) is 6.76. The highest BCUT2D eigenvalue weighted by molar-refractivity contribution is 7.08. The van der Waals surface area contributed by atoms with E-state index in [4.69, 9.17) is 10.5 Å². The third kappa shape index (κ3) is 7.61. The minimum absolute atomic E-state index is 0.0744. The topological polar surface area (TPSA) is 101 Å². The summed E-state index contributed by atoms with van der Waals surface area (Å²) in [6.45, 7) is 5.81. The van der Waals surface area contributed by atoms with E-state index in [9.17, 15) is 9.59 Å². The first kappa shape index (κ1) is 25.8. The van der Waals surface area contributed by atoms with Gasteiger partial charge in [-0.05, 0) is 34.6 Å². The molecule has 0 bridgehead atoms. The lowest BCUT2D eigenvalue weighted by atomic mass is 10.1. The molecule has 1 fully saturated rings. The zero-order valence-electron chi connectivity index (χ0n) is 20.4. The van der Waals surface area contributed by atoms with Crippen LogP contribution in [0.3, 0.4) is 0 Å². The number of morpholine rings is 1. The Balaban J connectivity index is 1.36. The van der Waals surface area contributed by atoms with Crippen molar-refractivity contribution in [3.05, 3.63) is 81.8 Å². The number of thiophene rings is 1. The Morgan fingerprint density at radius 1 is 1.08 bits per heavy atom. The second-order valence-corrected chi connectivity index (χ2v) is 9.62. The van der Waals surface area contributed by atoms with Gasteiger partial charge in [-0.3, -0.25) is 14.7 Å². The zero-order chi connectivity index (χ0) is 25.2. The van der Waals surface area contributed by atoms with Crippen LogP contribution in [0.2, 0.25) is 0 Å². The van der Waals surface area contributed by atoms with E-state index in [0.29, 0.717) is 31.0 Å². The van der Waals surface area contributed by atoms with Gasteiger partial charge < -0.3 is 20.7 Å². The lowest BCUT2D eigenvalue weighted by Gasteiger charge is -2.28. The summed E-state index contributed by atoms with van der Waals surface area (Å²) >= 11 is 1.48. The molecule has 1 aromatic carbocycles. The lowest BCUT2D eigenvalue weighted by molar-refractivity contribution is 0.0364. The number of nitrogens with two attached hydrogens (primary N) is 1. The number of nitrogens with one attached hydrogen (secondary N) is 1. The fourth-order valence-corrected chi connectivity index (χ4v) is 4.84. The van der Waals surface area contributed by atoms with E-state index in [-0.39, 0.29) is 18.2 Å². The van der Waals surface area contributed by atoms with Gasteiger partial charge in [0.1, 0.15) is 5.69 Å². The molecule has 2 aromatic heterocycles. The van der Waals surface area contributed by atoms with E-state index in [1.54, 1.807) is 12.3 Å². The van der Waals surface area contributed by atoms with Crippen molar-refractivity contribution in [2.75, 3.05) is 45.1 Å². The Morgan fingerprint density at radius 3 is 2.58 bits per heavy atom. The van der Waals surface area contributed by atoms with Gasteiger partial charge in [-0.15, -0.1) is 11.3 Å². The monoisotopic (exact) mass is 507 g/mol. The summed E-state index contributed by atoms with van der Waals surface area (Å²) in [6.07, 6.45) is 2.78. The van der Waals surface area contributed by atoms with Crippen LogP contribution >= 0.6 is 11.3 Å². The van der Waals surface area contributed by atoms with E-state index in [2.05, 4.69) is 15.2 Å². The second kappa shape index (κ2) is 13.2. The average molecular weight is 508 g/mol. The number of carbonyl (C=O) groups is 2. The molecule has 1 aliphatic rings. The Hall–Kier alpha value is -3.27. The minimum atomic E-state index is -0.117. The summed E-state index contributed by atoms with van der Waals surface area (Å²) in [6, 6.07) is 13.4. The van der Waals surface area contributed by atoms with Gasteiger partial charge in [0.2, 0.25) is 0 Å². The predicted molar refractivity (Wildman–Crippen MR) is 142 cm³/mol. The largest absolute Gasteiger partial charge is 0.398 e. The molecule has 4 rings (SSSR count). The first-order valence-electron chi connectivity index (χ1n) is 12.2. The second-order valence-electron chi connectivity index (χ2n) is 8.88. The lowest BCUT2D eigenvalue weighted by Crippen LogP contribution is -2.42. The van der Waals surface area contributed by atoms with Crippen LogP contribution in [0.5, 0.6) is 0 Å². The number of pyridine rings is 1. The van der Waals surface area contributed by atoms with Crippen LogP contribution in [-0.4, -0.2) is 66.0 Å². The molecule has 3 heterocycles. The van der Waals surface area contributed by atoms with Gasteiger partial charge in [0.05, 0.1) is 13.2 Å². The number of nitrogen functional groups attached to an aromatic ring is 1. The van der Waals surface area contributed by atoms with Crippen LogP contribution in [0.15, 0.2) is 59.4 Å². The zero-order valence-corrected chi connectivity index (χ0v) is 21.2. The van der Waals surface area contributed by atoms with Crippen molar-refractivity contribution in [2.45, 2.75) is 25.9 Å². The smallest absolute Gasteiger partial charge is 0.317 e. The molecule has 1 saturated heterocycles. The third-order valence-electron chi connectivity index (χ3n) is 6.19. The highest BCUT2D eigenvalue weighted by atomic mass is 32.1. The number of hydrogen-bond donors (Lipinski definition) is 2. The van der Waals surface area contributed by atoms with Crippen LogP contribution in [0, 0.1) is 0 Å². The van der Waals surface area contributed by atoms with Crippen LogP contribution in [0.25, 0.3) is 0 Å². The van der Waals surface area contributed by atoms with Crippen LogP contribution < -0.4 is 11.1 Å². The number of urea groups is 1. The van der Waals surface area contributed by atoms with Gasteiger partial charge in [0.25, 0.3) is 0 Å². The maximum absolute atomic E-state index is 13.1. The van der Waals surface area contributed by atoms with Crippen molar-refractivity contribution in [3.8, 4) is 0 Å². The normalized spacial score (nSPS) is 13.9. The molecule has 0 atom stereocenters. The number of ketones is 1. The quantitative estimate of drug-likeness (QED) is 0.385. The maximum atomic E-state index is 13.1. The number of Topliss-reactive ketones (excluding diaryl/α,β-unsaturated/α-hetero) is 1. The van der Waals surface area contributed by atoms with Crippen LogP contribution in [0.4, 0.5) is 10.5 Å². The number of carbonyl (C=O) groups excluding carboxylic acids is 2. The third-order valence-corrected chi connectivity index (χ3v) is 7.00. The van der Waals surface area contributed by atoms with Crippen molar-refractivity contribution in [3.63, 3.8) is 0 Å². The van der Waals surface area contributed by atoms with E-state index in [0.717, 1.165) is 56.0 Å². The van der Waals surface area contributed by atoms with Gasteiger partial charge in [-0.1, -0.05) is 36.4 Å². The molecule has 9 heteroatoms. The SMILES string of the molecule is Nc1cscc1CC(=O)c1ccc(CN(CCCN2CCOCC2)C(=O)NCc2ccccc2)cn1. The first-order chi connectivity index (χ1) is 17.6. The summed E-state index contributed by atoms with van der Waals surface area (Å²) < 4.78 is 5.43. The maximum Gasteiger partial charge on any atom is 0.317 e. The van der Waals surface area contributed by atoms with E-state index < -0.39 is 0 Å². The molecular formula is C27H33N5O3S. The number of nitrogens with zero attached hydrogens (tertiary/aromatic N) is 3. The molecule has 0 aliphatic carbocycles. The Morgan fingerprint density at radius 2 is 1.89 bits per heavy atom. The van der Waals surface area contributed by atoms with Crippen molar-refractivity contribution in [1.29, 1.82) is 0 Å². The van der Waals surface area contributed by atoms with Crippen LogP contribution in [0.1, 0.15) is 33.6 Å². The average Bonchev–Trinajstić information content (AvgIpc) is 3.32. The standard InChI is InChI=1S/C27H33N5O3S/c28-24-20-36-19-23(24)15-26(33)25-8-7-22(17-29-25)18-32(10-4-9-31-11-13-35-14-12-31)27(34)30-16-21-5-2-1-3-6-21/h1-3,5-8,17,19-20H,4,9-16,18,28H2,(H,30,34). The number of benzene rings is 1. The highest BCUT2D eigenvalue weighted by Gasteiger charge is 2.17. The molecule has 0 spiro atoms. The van der Waals surface area contributed by atoms with Gasteiger partial charge in [-0.2, -0.15) is 0 Å². The van der Waals surface area contributed by atoms with Gasteiger partial charge in [0.15, 0.2) is 5.78 Å². The summed E-state index contributed by atoms with van der Waals surface area (Å²) in [4.78, 5) is 34.3. The molecule has 3 aromatic rings. The van der Waals surface area contributed by atoms with E-state index in [1.807, 2.05) is 52.1 Å². The fraction of sp³-hybridized carbons (Fsp3) is 0.370. The number of hydrogen-bond acceptors (Lipinski definition) is 7. The van der Waals surface area contributed by atoms with Crippen LogP contribution in [-0.2, 0) is 24.2 Å². The molecule has 3 N–H and O–H groups in total. The van der Waals surface area contributed by atoms with Crippen molar-refractivity contribution >= 4 is 28.8 Å². The first-order valence-corrected chi connectivity index (χ1v) is 13.2. The van der Waals surface area contributed by atoms with Crippen molar-refractivity contribution in [1.82, 2.24) is 20.1 Å². The molecule has 1 aliphatic heterocycles. The number of aromatic nitrogens is 1. The van der Waals surface area contributed by atoms with Crippen molar-refractivity contribution < 1.29 is 14.3 Å². The highest BCUT2D eigenvalue weighted by Crippen LogP contribution is 2.19. The van der Waals surface area contributed by atoms with Crippen molar-refractivity contribution in [2.24, 2.45) is 0 Å². The number of rotatable bonds is 11. The van der Waals surface area contributed by atoms with Gasteiger partial charge in [0, 0.05) is 63.0 Å². The Kier molecular flexibility index (Phi) is 9.43. The predicted octanol–water partition coefficient (Wildman–Crippen LogP) is 3.58. The molecule has 2 amide bonds. The van der Waals surface area contributed by atoms with E-state index in [1.165, 1.54) is 11.3 Å². The molecular weight excluding hydrogens is 474 g/mol. The summed E-state index contributed by atoms with van der Waals surface area (Å²) in [7, 11) is 0. The molecule has 0 unspecified atom stereocenters. The minimum Gasteiger partial charge on any atom is -0.398 e. The van der Waals surface area contributed by atoms with Gasteiger partial charge >= 0.3 is 6.03 Å². The Bertz CT molecular complexity index is 1110. The number of amides is 2. The molecule has 190 valence electrons. The van der Waals surface area contributed by atoms with E-state index >= 15 is 0 Å². The number of anilines is 1. The Labute approximate surface area is 216 Å². The van der Waals surface area contributed by atoms with Gasteiger partial charge in [-0.25, -0.2) is 4.79 Å². The molecule has 0 radical (unpaired) electrons. The fourth-order valence-electron chi connectivity index (χ4n) is 4.09. The summed E-state index contributed by atoms with van der Waals surface area (Å²) in [5.41, 5.74) is 9.71. The number of ether oxygens (including phenoxy) is 1.